The van der Waals surface area contributed by atoms with Crippen LogP contribution >= 0.6 is 23.5 Å². The highest BCUT2D eigenvalue weighted by Crippen LogP contribution is 2.38. The van der Waals surface area contributed by atoms with E-state index in [4.69, 9.17) is 0 Å². The average Bonchev–Trinajstić information content (AvgIpc) is 2.96. The molecule has 3 heteroatoms. The van der Waals surface area contributed by atoms with Crippen LogP contribution in [-0.4, -0.2) is 34.6 Å². The van der Waals surface area contributed by atoms with Crippen molar-refractivity contribution in [1.82, 2.24) is 5.32 Å². The Hall–Kier alpha value is 0.660. The molecule has 1 aliphatic carbocycles. The Labute approximate surface area is 128 Å². The summed E-state index contributed by atoms with van der Waals surface area (Å²) in [5.74, 6) is 3.74. The molecular formula is C16H31NS2. The standard InChI is InChI=1S/C16H31NS2/c1-3-9-17-14(12-13-7-5-6-8-13)16-15(4-2)18-10-11-19-16/h13-17H,3-12H2,1-2H3. The zero-order valence-electron chi connectivity index (χ0n) is 12.7. The first-order valence-corrected chi connectivity index (χ1v) is 10.4. The lowest BCUT2D eigenvalue weighted by molar-refractivity contribution is 0.373. The van der Waals surface area contributed by atoms with Crippen LogP contribution in [0.15, 0.2) is 0 Å². The summed E-state index contributed by atoms with van der Waals surface area (Å²) in [7, 11) is 0. The van der Waals surface area contributed by atoms with Gasteiger partial charge in [0.05, 0.1) is 0 Å². The molecule has 1 aliphatic heterocycles. The smallest absolute Gasteiger partial charge is 0.0320 e. The molecule has 0 spiro atoms. The normalized spacial score (nSPS) is 30.6. The zero-order chi connectivity index (χ0) is 13.5. The first-order chi connectivity index (χ1) is 9.35. The summed E-state index contributed by atoms with van der Waals surface area (Å²) in [6.07, 6.45) is 10.00. The van der Waals surface area contributed by atoms with Crippen LogP contribution in [0.3, 0.4) is 0 Å². The van der Waals surface area contributed by atoms with Crippen molar-refractivity contribution >= 4 is 23.5 Å². The van der Waals surface area contributed by atoms with Crippen LogP contribution in [0.5, 0.6) is 0 Å². The molecule has 1 saturated heterocycles. The topological polar surface area (TPSA) is 12.0 Å². The molecule has 1 saturated carbocycles. The molecule has 0 aromatic heterocycles. The molecule has 2 rings (SSSR count). The Morgan fingerprint density at radius 3 is 2.53 bits per heavy atom. The van der Waals surface area contributed by atoms with Gasteiger partial charge in [0.15, 0.2) is 0 Å². The van der Waals surface area contributed by atoms with E-state index in [1.807, 2.05) is 0 Å². The second-order valence-electron chi connectivity index (χ2n) is 6.10. The fourth-order valence-corrected chi connectivity index (χ4v) is 6.86. The minimum atomic E-state index is 0.769. The molecule has 3 unspecified atom stereocenters. The minimum Gasteiger partial charge on any atom is -0.313 e. The maximum absolute atomic E-state index is 3.90. The quantitative estimate of drug-likeness (QED) is 0.740. The van der Waals surface area contributed by atoms with Crippen molar-refractivity contribution in [2.45, 2.75) is 75.3 Å². The number of thioether (sulfide) groups is 2. The van der Waals surface area contributed by atoms with Crippen LogP contribution in [0.4, 0.5) is 0 Å². The third-order valence-electron chi connectivity index (χ3n) is 4.61. The zero-order valence-corrected chi connectivity index (χ0v) is 14.3. The third-order valence-corrected chi connectivity index (χ3v) is 8.02. The molecule has 2 aliphatic rings. The molecular weight excluding hydrogens is 270 g/mol. The Kier molecular flexibility index (Phi) is 7.46. The lowest BCUT2D eigenvalue weighted by Crippen LogP contribution is -2.46. The van der Waals surface area contributed by atoms with E-state index < -0.39 is 0 Å². The number of nitrogens with one attached hydrogen (secondary N) is 1. The SMILES string of the molecule is CCCNC(CC1CCCC1)C1SCCSC1CC. The Morgan fingerprint density at radius 1 is 1.11 bits per heavy atom. The van der Waals surface area contributed by atoms with Crippen LogP contribution in [0, 0.1) is 5.92 Å². The highest BCUT2D eigenvalue weighted by molar-refractivity contribution is 8.07. The van der Waals surface area contributed by atoms with Crippen molar-refractivity contribution in [3.8, 4) is 0 Å². The first kappa shape index (κ1) is 16.0. The van der Waals surface area contributed by atoms with E-state index in [0.717, 1.165) is 22.5 Å². The Balaban J connectivity index is 1.93. The highest BCUT2D eigenvalue weighted by atomic mass is 32.2. The van der Waals surface area contributed by atoms with Crippen molar-refractivity contribution < 1.29 is 0 Å². The van der Waals surface area contributed by atoms with Crippen LogP contribution in [0.25, 0.3) is 0 Å². The summed E-state index contributed by atoms with van der Waals surface area (Å²) in [5, 5.41) is 5.64. The molecule has 112 valence electrons. The van der Waals surface area contributed by atoms with E-state index in [2.05, 4.69) is 42.7 Å². The predicted molar refractivity (Wildman–Crippen MR) is 91.4 cm³/mol. The summed E-state index contributed by atoms with van der Waals surface area (Å²) in [4.78, 5) is 0. The van der Waals surface area contributed by atoms with E-state index in [-0.39, 0.29) is 0 Å². The summed E-state index contributed by atoms with van der Waals surface area (Å²) >= 11 is 4.48. The maximum Gasteiger partial charge on any atom is 0.0320 e. The monoisotopic (exact) mass is 301 g/mol. The predicted octanol–water partition coefficient (Wildman–Crippen LogP) is 4.56. The van der Waals surface area contributed by atoms with Gasteiger partial charge >= 0.3 is 0 Å². The summed E-state index contributed by atoms with van der Waals surface area (Å²) < 4.78 is 0. The first-order valence-electron chi connectivity index (χ1n) is 8.31. The van der Waals surface area contributed by atoms with Crippen molar-refractivity contribution in [3.05, 3.63) is 0 Å². The van der Waals surface area contributed by atoms with Crippen LogP contribution < -0.4 is 5.32 Å². The molecule has 0 amide bonds. The third kappa shape index (κ3) is 4.86. The van der Waals surface area contributed by atoms with E-state index in [1.165, 1.54) is 63.0 Å². The lowest BCUT2D eigenvalue weighted by atomic mass is 9.94. The highest BCUT2D eigenvalue weighted by Gasteiger charge is 2.33. The molecule has 0 bridgehead atoms. The Morgan fingerprint density at radius 2 is 1.84 bits per heavy atom. The second kappa shape index (κ2) is 8.84. The van der Waals surface area contributed by atoms with Gasteiger partial charge in [-0.1, -0.05) is 39.5 Å². The van der Waals surface area contributed by atoms with Gasteiger partial charge in [-0.3, -0.25) is 0 Å². The molecule has 0 aromatic rings. The number of rotatable bonds is 7. The largest absolute Gasteiger partial charge is 0.313 e. The van der Waals surface area contributed by atoms with E-state index >= 15 is 0 Å². The summed E-state index contributed by atoms with van der Waals surface area (Å²) in [6, 6.07) is 0.769. The molecule has 1 nitrogen and oxygen atoms in total. The molecule has 2 fully saturated rings. The summed E-state index contributed by atoms with van der Waals surface area (Å²) in [5.41, 5.74) is 0. The molecule has 0 radical (unpaired) electrons. The number of hydrogen-bond donors (Lipinski definition) is 1. The molecule has 1 heterocycles. The molecule has 19 heavy (non-hydrogen) atoms. The van der Waals surface area contributed by atoms with Gasteiger partial charge in [-0.2, -0.15) is 23.5 Å². The van der Waals surface area contributed by atoms with Crippen molar-refractivity contribution in [3.63, 3.8) is 0 Å². The Bertz CT molecular complexity index is 241. The van der Waals surface area contributed by atoms with Gasteiger partial charge in [0.25, 0.3) is 0 Å². The average molecular weight is 302 g/mol. The van der Waals surface area contributed by atoms with Gasteiger partial charge in [-0.25, -0.2) is 0 Å². The van der Waals surface area contributed by atoms with Gasteiger partial charge < -0.3 is 5.32 Å². The van der Waals surface area contributed by atoms with Gasteiger partial charge in [-0.15, -0.1) is 0 Å². The number of hydrogen-bond acceptors (Lipinski definition) is 3. The molecule has 1 N–H and O–H groups in total. The van der Waals surface area contributed by atoms with Crippen LogP contribution in [0.1, 0.15) is 58.8 Å². The van der Waals surface area contributed by atoms with Crippen LogP contribution in [-0.2, 0) is 0 Å². The van der Waals surface area contributed by atoms with Crippen molar-refractivity contribution in [2.24, 2.45) is 5.92 Å². The van der Waals surface area contributed by atoms with Gasteiger partial charge in [-0.05, 0) is 31.7 Å². The molecule has 0 aromatic carbocycles. The van der Waals surface area contributed by atoms with Crippen molar-refractivity contribution in [1.29, 1.82) is 0 Å². The minimum absolute atomic E-state index is 0.769. The van der Waals surface area contributed by atoms with E-state index in [0.29, 0.717) is 0 Å². The lowest BCUT2D eigenvalue weighted by Gasteiger charge is -2.37. The molecule has 3 atom stereocenters. The fraction of sp³-hybridized carbons (Fsp3) is 1.00. The second-order valence-corrected chi connectivity index (χ2v) is 8.73. The fourth-order valence-electron chi connectivity index (χ4n) is 3.58. The van der Waals surface area contributed by atoms with Gasteiger partial charge in [0.2, 0.25) is 0 Å². The van der Waals surface area contributed by atoms with E-state index in [1.54, 1.807) is 0 Å². The summed E-state index contributed by atoms with van der Waals surface area (Å²) in [6.45, 7) is 5.87. The van der Waals surface area contributed by atoms with Crippen LogP contribution in [0.2, 0.25) is 0 Å². The maximum atomic E-state index is 3.90. The van der Waals surface area contributed by atoms with Crippen molar-refractivity contribution in [2.75, 3.05) is 18.1 Å². The van der Waals surface area contributed by atoms with Gasteiger partial charge in [0, 0.05) is 28.0 Å². The van der Waals surface area contributed by atoms with E-state index in [9.17, 15) is 0 Å². The van der Waals surface area contributed by atoms with Gasteiger partial charge in [0.1, 0.15) is 0 Å².